The summed E-state index contributed by atoms with van der Waals surface area (Å²) in [7, 11) is 0. The van der Waals surface area contributed by atoms with Crippen molar-refractivity contribution in [1.82, 2.24) is 15.2 Å². The van der Waals surface area contributed by atoms with Gasteiger partial charge in [-0.3, -0.25) is 5.10 Å². The summed E-state index contributed by atoms with van der Waals surface area (Å²) in [4.78, 5) is 4.38. The molecule has 2 heterocycles. The molecule has 0 spiro atoms. The van der Waals surface area contributed by atoms with Crippen molar-refractivity contribution in [3.63, 3.8) is 0 Å². The largest absolute Gasteiger partial charge is 0.364 e. The molecular weight excluding hydrogens is 344 g/mol. The van der Waals surface area contributed by atoms with Crippen molar-refractivity contribution in [2.45, 2.75) is 6.54 Å². The van der Waals surface area contributed by atoms with Crippen molar-refractivity contribution in [1.29, 1.82) is 0 Å². The van der Waals surface area contributed by atoms with E-state index in [1.165, 1.54) is 0 Å². The number of aromatic amines is 1. The van der Waals surface area contributed by atoms with E-state index in [2.05, 4.69) is 32.6 Å². The Morgan fingerprint density at radius 3 is 2.54 bits per heavy atom. The van der Waals surface area contributed by atoms with E-state index < -0.39 is 0 Å². The molecule has 0 aliphatic carbocycles. The quantitative estimate of drug-likeness (QED) is 0.500. The van der Waals surface area contributed by atoms with Crippen LogP contribution in [0.1, 0.15) is 5.69 Å². The van der Waals surface area contributed by atoms with E-state index >= 15 is 0 Å². The summed E-state index contributed by atoms with van der Waals surface area (Å²) in [6.07, 6.45) is 1.78. The van der Waals surface area contributed by atoms with Crippen LogP contribution in [0.3, 0.4) is 0 Å². The second-order valence-corrected chi connectivity index (χ2v) is 6.31. The van der Waals surface area contributed by atoms with E-state index in [1.807, 2.05) is 60.7 Å². The molecule has 0 aliphatic rings. The third-order valence-corrected chi connectivity index (χ3v) is 4.44. The second kappa shape index (κ2) is 7.42. The van der Waals surface area contributed by atoms with E-state index in [9.17, 15) is 0 Å². The number of halogens is 1. The van der Waals surface area contributed by atoms with Crippen LogP contribution in [0.25, 0.3) is 22.4 Å². The SMILES string of the molecule is Clc1ccccc1-c1ccnc(NCc2cc(-c3ccccc3)[nH]n2)c1. The zero-order chi connectivity index (χ0) is 17.8. The Morgan fingerprint density at radius 1 is 0.885 bits per heavy atom. The number of anilines is 1. The van der Waals surface area contributed by atoms with E-state index in [1.54, 1.807) is 6.20 Å². The minimum atomic E-state index is 0.586. The molecule has 5 heteroatoms. The summed E-state index contributed by atoms with van der Waals surface area (Å²) >= 11 is 6.29. The monoisotopic (exact) mass is 360 g/mol. The van der Waals surface area contributed by atoms with Crippen molar-refractivity contribution in [2.75, 3.05) is 5.32 Å². The first-order chi connectivity index (χ1) is 12.8. The topological polar surface area (TPSA) is 53.6 Å². The molecule has 4 aromatic rings. The Hall–Kier alpha value is -3.11. The van der Waals surface area contributed by atoms with Crippen LogP contribution in [0.15, 0.2) is 79.0 Å². The summed E-state index contributed by atoms with van der Waals surface area (Å²) in [5.41, 5.74) is 5.06. The molecule has 2 aromatic heterocycles. The molecule has 2 N–H and O–H groups in total. The number of hydrogen-bond donors (Lipinski definition) is 2. The Morgan fingerprint density at radius 2 is 1.69 bits per heavy atom. The minimum absolute atomic E-state index is 0.586. The zero-order valence-electron chi connectivity index (χ0n) is 14.0. The Balaban J connectivity index is 1.48. The molecule has 128 valence electrons. The van der Waals surface area contributed by atoms with Crippen LogP contribution < -0.4 is 5.32 Å². The third-order valence-electron chi connectivity index (χ3n) is 4.11. The number of H-pyrrole nitrogens is 1. The van der Waals surface area contributed by atoms with Gasteiger partial charge in [0.2, 0.25) is 0 Å². The highest BCUT2D eigenvalue weighted by Crippen LogP contribution is 2.28. The van der Waals surface area contributed by atoms with Crippen molar-refractivity contribution in [2.24, 2.45) is 0 Å². The number of hydrogen-bond acceptors (Lipinski definition) is 3. The minimum Gasteiger partial charge on any atom is -0.364 e. The highest BCUT2D eigenvalue weighted by molar-refractivity contribution is 6.33. The third kappa shape index (κ3) is 3.60. The fraction of sp³-hybridized carbons (Fsp3) is 0.0476. The van der Waals surface area contributed by atoms with E-state index in [4.69, 9.17) is 11.6 Å². The molecule has 0 atom stereocenters. The lowest BCUT2D eigenvalue weighted by Gasteiger charge is -2.07. The van der Waals surface area contributed by atoms with E-state index in [-0.39, 0.29) is 0 Å². The molecule has 0 fully saturated rings. The lowest BCUT2D eigenvalue weighted by atomic mass is 10.1. The van der Waals surface area contributed by atoms with Crippen molar-refractivity contribution >= 4 is 17.4 Å². The molecule has 4 nitrogen and oxygen atoms in total. The summed E-state index contributed by atoms with van der Waals surface area (Å²) in [6, 6.07) is 23.9. The van der Waals surface area contributed by atoms with Crippen molar-refractivity contribution in [3.05, 3.63) is 89.7 Å². The van der Waals surface area contributed by atoms with Crippen LogP contribution in [-0.2, 0) is 6.54 Å². The Labute approximate surface area is 156 Å². The van der Waals surface area contributed by atoms with Crippen LogP contribution in [0.5, 0.6) is 0 Å². The predicted molar refractivity (Wildman–Crippen MR) is 106 cm³/mol. The van der Waals surface area contributed by atoms with Crippen LogP contribution in [-0.4, -0.2) is 15.2 Å². The molecule has 0 bridgehead atoms. The number of nitrogens with one attached hydrogen (secondary N) is 2. The van der Waals surface area contributed by atoms with Gasteiger partial charge in [-0.05, 0) is 35.4 Å². The fourth-order valence-electron chi connectivity index (χ4n) is 2.79. The molecule has 0 aliphatic heterocycles. The Kier molecular flexibility index (Phi) is 4.67. The van der Waals surface area contributed by atoms with Gasteiger partial charge in [0.25, 0.3) is 0 Å². The number of pyridine rings is 1. The number of nitrogens with zero attached hydrogens (tertiary/aromatic N) is 2. The average Bonchev–Trinajstić information content (AvgIpc) is 3.17. The molecule has 0 amide bonds. The maximum absolute atomic E-state index is 6.29. The molecule has 4 rings (SSSR count). The molecule has 0 saturated heterocycles. The first-order valence-corrected chi connectivity index (χ1v) is 8.72. The van der Waals surface area contributed by atoms with E-state index in [0.717, 1.165) is 38.9 Å². The lowest BCUT2D eigenvalue weighted by molar-refractivity contribution is 0.976. The van der Waals surface area contributed by atoms with Gasteiger partial charge in [0.05, 0.1) is 17.9 Å². The number of benzene rings is 2. The maximum atomic E-state index is 6.29. The molecular formula is C21H17ClN4. The smallest absolute Gasteiger partial charge is 0.126 e. The van der Waals surface area contributed by atoms with Crippen LogP contribution in [0.2, 0.25) is 5.02 Å². The van der Waals surface area contributed by atoms with Crippen LogP contribution in [0, 0.1) is 0 Å². The second-order valence-electron chi connectivity index (χ2n) is 5.90. The van der Waals surface area contributed by atoms with Crippen LogP contribution >= 0.6 is 11.6 Å². The zero-order valence-corrected chi connectivity index (χ0v) is 14.7. The van der Waals surface area contributed by atoms with Crippen molar-refractivity contribution in [3.8, 4) is 22.4 Å². The van der Waals surface area contributed by atoms with Gasteiger partial charge in [-0.1, -0.05) is 60.1 Å². The van der Waals surface area contributed by atoms with Gasteiger partial charge in [0, 0.05) is 16.8 Å². The number of rotatable bonds is 5. The van der Waals surface area contributed by atoms with Gasteiger partial charge in [0.15, 0.2) is 0 Å². The summed E-state index contributed by atoms with van der Waals surface area (Å²) in [5, 5.41) is 11.5. The summed E-state index contributed by atoms with van der Waals surface area (Å²) in [6.45, 7) is 0.586. The standard InChI is InChI=1S/C21H17ClN4/c22-19-9-5-4-8-18(19)16-10-11-23-21(12-16)24-14-17-13-20(26-25-17)15-6-2-1-3-7-15/h1-13H,14H2,(H,23,24)(H,25,26). The lowest BCUT2D eigenvalue weighted by Crippen LogP contribution is -2.01. The van der Waals surface area contributed by atoms with Crippen LogP contribution in [0.4, 0.5) is 5.82 Å². The molecule has 0 saturated carbocycles. The predicted octanol–water partition coefficient (Wildman–Crippen LogP) is 5.40. The van der Waals surface area contributed by atoms with E-state index in [0.29, 0.717) is 6.54 Å². The van der Waals surface area contributed by atoms with Gasteiger partial charge in [-0.25, -0.2) is 4.98 Å². The van der Waals surface area contributed by atoms with Gasteiger partial charge >= 0.3 is 0 Å². The van der Waals surface area contributed by atoms with Crippen molar-refractivity contribution < 1.29 is 0 Å². The maximum Gasteiger partial charge on any atom is 0.126 e. The molecule has 2 aromatic carbocycles. The van der Waals surface area contributed by atoms with Gasteiger partial charge in [-0.15, -0.1) is 0 Å². The molecule has 0 radical (unpaired) electrons. The number of aromatic nitrogens is 3. The highest BCUT2D eigenvalue weighted by atomic mass is 35.5. The Bertz CT molecular complexity index is 1010. The average molecular weight is 361 g/mol. The summed E-state index contributed by atoms with van der Waals surface area (Å²) in [5.74, 6) is 0.784. The fourth-order valence-corrected chi connectivity index (χ4v) is 3.04. The molecule has 26 heavy (non-hydrogen) atoms. The first kappa shape index (κ1) is 16.4. The van der Waals surface area contributed by atoms with Gasteiger partial charge in [0.1, 0.15) is 5.82 Å². The molecule has 0 unspecified atom stereocenters. The first-order valence-electron chi connectivity index (χ1n) is 8.34. The summed E-state index contributed by atoms with van der Waals surface area (Å²) < 4.78 is 0. The van der Waals surface area contributed by atoms with Gasteiger partial charge in [-0.2, -0.15) is 5.10 Å². The van der Waals surface area contributed by atoms with Gasteiger partial charge < -0.3 is 5.32 Å². The highest BCUT2D eigenvalue weighted by Gasteiger charge is 2.06. The normalized spacial score (nSPS) is 10.7.